The molecule has 24 heavy (non-hydrogen) atoms. The molecule has 0 unspecified atom stereocenters. The van der Waals surface area contributed by atoms with Crippen LogP contribution in [0.1, 0.15) is 11.1 Å². The molecule has 3 rings (SSSR count). The van der Waals surface area contributed by atoms with Crippen LogP contribution in [-0.4, -0.2) is 16.9 Å². The van der Waals surface area contributed by atoms with Gasteiger partial charge in [-0.25, -0.2) is 14.7 Å². The highest BCUT2D eigenvalue weighted by Gasteiger charge is 2.35. The Morgan fingerprint density at radius 2 is 1.75 bits per heavy atom. The first kappa shape index (κ1) is 16.0. The van der Waals surface area contributed by atoms with Gasteiger partial charge in [0, 0.05) is 0 Å². The number of urea groups is 1. The topological polar surface area (TPSA) is 86.1 Å². The number of anilines is 1. The maximum absolute atomic E-state index is 12.5. The predicted octanol–water partition coefficient (Wildman–Crippen LogP) is 3.36. The third-order valence-corrected chi connectivity index (χ3v) is 3.62. The van der Waals surface area contributed by atoms with E-state index >= 15 is 0 Å². The number of pyridine rings is 1. The number of aromatic nitrogens is 1. The standard InChI is InChI=1S/C16H8Cl2N4O2/c17-13-6-11(7-14(18)21-13)22-15(23)12(20-16(22)24)5-9-1-3-10(8-19)4-2-9/h1-7H,(H,20,24)/b12-5+. The van der Waals surface area contributed by atoms with Crippen LogP contribution in [0.4, 0.5) is 10.5 Å². The van der Waals surface area contributed by atoms with Gasteiger partial charge in [-0.2, -0.15) is 5.26 Å². The van der Waals surface area contributed by atoms with Crippen LogP contribution in [0.25, 0.3) is 6.08 Å². The zero-order valence-electron chi connectivity index (χ0n) is 12.0. The van der Waals surface area contributed by atoms with Gasteiger partial charge in [-0.1, -0.05) is 35.3 Å². The number of nitrogens with zero attached hydrogens (tertiary/aromatic N) is 3. The van der Waals surface area contributed by atoms with Gasteiger partial charge >= 0.3 is 6.03 Å². The molecule has 3 amide bonds. The lowest BCUT2D eigenvalue weighted by atomic mass is 10.1. The van der Waals surface area contributed by atoms with Gasteiger partial charge in [0.15, 0.2) is 0 Å². The number of carbonyl (C=O) groups is 2. The molecule has 2 aromatic rings. The molecular formula is C16H8Cl2N4O2. The lowest BCUT2D eigenvalue weighted by Crippen LogP contribution is -2.30. The molecule has 0 atom stereocenters. The molecule has 2 heterocycles. The molecule has 1 aliphatic heterocycles. The van der Waals surface area contributed by atoms with E-state index in [0.29, 0.717) is 11.1 Å². The summed E-state index contributed by atoms with van der Waals surface area (Å²) in [5.41, 5.74) is 1.51. The van der Waals surface area contributed by atoms with Crippen molar-refractivity contribution in [2.75, 3.05) is 4.90 Å². The van der Waals surface area contributed by atoms with E-state index in [4.69, 9.17) is 28.5 Å². The van der Waals surface area contributed by atoms with Crippen LogP contribution in [0, 0.1) is 11.3 Å². The van der Waals surface area contributed by atoms with E-state index in [0.717, 1.165) is 4.90 Å². The van der Waals surface area contributed by atoms with Crippen LogP contribution >= 0.6 is 23.2 Å². The van der Waals surface area contributed by atoms with Gasteiger partial charge in [-0.05, 0) is 35.9 Å². The number of benzene rings is 1. The van der Waals surface area contributed by atoms with Gasteiger partial charge in [-0.15, -0.1) is 0 Å². The monoisotopic (exact) mass is 358 g/mol. The number of halogens is 2. The van der Waals surface area contributed by atoms with Gasteiger partial charge in [0.1, 0.15) is 16.0 Å². The Bertz CT molecular complexity index is 896. The van der Waals surface area contributed by atoms with E-state index in [1.807, 2.05) is 6.07 Å². The summed E-state index contributed by atoms with van der Waals surface area (Å²) in [7, 11) is 0. The molecule has 1 N–H and O–H groups in total. The zero-order chi connectivity index (χ0) is 17.3. The highest BCUT2D eigenvalue weighted by molar-refractivity contribution is 6.34. The normalized spacial score (nSPS) is 15.5. The van der Waals surface area contributed by atoms with Crippen LogP contribution in [0.3, 0.4) is 0 Å². The first-order valence-electron chi connectivity index (χ1n) is 6.68. The number of hydrogen-bond acceptors (Lipinski definition) is 4. The van der Waals surface area contributed by atoms with E-state index in [9.17, 15) is 9.59 Å². The Morgan fingerprint density at radius 1 is 1.12 bits per heavy atom. The second-order valence-electron chi connectivity index (χ2n) is 4.83. The van der Waals surface area contributed by atoms with Crippen molar-refractivity contribution in [3.05, 3.63) is 63.5 Å². The molecule has 0 spiro atoms. The Balaban J connectivity index is 1.93. The number of nitriles is 1. The number of nitrogens with one attached hydrogen (secondary N) is 1. The summed E-state index contributed by atoms with van der Waals surface area (Å²) in [6.45, 7) is 0. The maximum atomic E-state index is 12.5. The average molecular weight is 359 g/mol. The van der Waals surface area contributed by atoms with Crippen LogP contribution in [0.2, 0.25) is 10.3 Å². The molecule has 1 fully saturated rings. The van der Waals surface area contributed by atoms with Crippen molar-refractivity contribution in [3.63, 3.8) is 0 Å². The summed E-state index contributed by atoms with van der Waals surface area (Å²) in [5.74, 6) is -0.539. The van der Waals surface area contributed by atoms with Crippen molar-refractivity contribution in [1.29, 1.82) is 5.26 Å². The first-order valence-corrected chi connectivity index (χ1v) is 7.44. The Morgan fingerprint density at radius 3 is 2.33 bits per heavy atom. The highest BCUT2D eigenvalue weighted by Crippen LogP contribution is 2.26. The minimum absolute atomic E-state index is 0.0719. The SMILES string of the molecule is N#Cc1ccc(/C=C2/NC(=O)N(c3cc(Cl)nc(Cl)c3)C2=O)cc1. The third-order valence-electron chi connectivity index (χ3n) is 3.23. The van der Waals surface area contributed by atoms with E-state index in [-0.39, 0.29) is 21.7 Å². The number of rotatable bonds is 2. The number of carbonyl (C=O) groups excluding carboxylic acids is 2. The summed E-state index contributed by atoms with van der Waals surface area (Å²) >= 11 is 11.6. The third kappa shape index (κ3) is 3.08. The quantitative estimate of drug-likeness (QED) is 0.506. The van der Waals surface area contributed by atoms with Gasteiger partial charge in [0.05, 0.1) is 17.3 Å². The molecule has 1 aromatic heterocycles. The fourth-order valence-corrected chi connectivity index (χ4v) is 2.62. The van der Waals surface area contributed by atoms with E-state index < -0.39 is 11.9 Å². The second-order valence-corrected chi connectivity index (χ2v) is 5.61. The summed E-state index contributed by atoms with van der Waals surface area (Å²) in [6.07, 6.45) is 1.52. The van der Waals surface area contributed by atoms with Crippen LogP contribution in [0.5, 0.6) is 0 Å². The first-order chi connectivity index (χ1) is 11.5. The lowest BCUT2D eigenvalue weighted by Gasteiger charge is -2.12. The lowest BCUT2D eigenvalue weighted by molar-refractivity contribution is -0.113. The summed E-state index contributed by atoms with van der Waals surface area (Å²) in [6, 6.07) is 10.7. The van der Waals surface area contributed by atoms with Crippen LogP contribution in [-0.2, 0) is 4.79 Å². The number of hydrogen-bond donors (Lipinski definition) is 1. The van der Waals surface area contributed by atoms with Crippen LogP contribution in [0.15, 0.2) is 42.1 Å². The predicted molar refractivity (Wildman–Crippen MR) is 89.4 cm³/mol. The number of imide groups is 1. The molecule has 0 aliphatic carbocycles. The smallest absolute Gasteiger partial charge is 0.302 e. The molecule has 1 saturated heterocycles. The molecule has 118 valence electrons. The van der Waals surface area contributed by atoms with Crippen molar-refractivity contribution in [1.82, 2.24) is 10.3 Å². The van der Waals surface area contributed by atoms with Crippen LogP contribution < -0.4 is 10.2 Å². The molecule has 1 aromatic carbocycles. The van der Waals surface area contributed by atoms with Crippen molar-refractivity contribution in [2.45, 2.75) is 0 Å². The number of amides is 3. The largest absolute Gasteiger partial charge is 0.333 e. The van der Waals surface area contributed by atoms with E-state index in [1.165, 1.54) is 18.2 Å². The second kappa shape index (κ2) is 6.32. The minimum atomic E-state index is -0.613. The van der Waals surface area contributed by atoms with Crippen molar-refractivity contribution in [2.24, 2.45) is 0 Å². The molecule has 1 aliphatic rings. The molecular weight excluding hydrogens is 351 g/mol. The zero-order valence-corrected chi connectivity index (χ0v) is 13.5. The summed E-state index contributed by atoms with van der Waals surface area (Å²) in [5, 5.41) is 11.4. The molecule has 0 bridgehead atoms. The fraction of sp³-hybridized carbons (Fsp3) is 0. The Kier molecular flexibility index (Phi) is 4.21. The Labute approximate surface area is 146 Å². The fourth-order valence-electron chi connectivity index (χ4n) is 2.17. The van der Waals surface area contributed by atoms with Gasteiger partial charge in [0.2, 0.25) is 0 Å². The van der Waals surface area contributed by atoms with Crippen molar-refractivity contribution in [3.8, 4) is 6.07 Å². The minimum Gasteiger partial charge on any atom is -0.302 e. The Hall–Kier alpha value is -2.88. The molecule has 0 saturated carbocycles. The molecule has 6 nitrogen and oxygen atoms in total. The summed E-state index contributed by atoms with van der Waals surface area (Å²) < 4.78 is 0. The van der Waals surface area contributed by atoms with Gasteiger partial charge in [0.25, 0.3) is 5.91 Å². The highest BCUT2D eigenvalue weighted by atomic mass is 35.5. The van der Waals surface area contributed by atoms with E-state index in [2.05, 4.69) is 10.3 Å². The van der Waals surface area contributed by atoms with E-state index in [1.54, 1.807) is 24.3 Å². The average Bonchev–Trinajstić information content (AvgIpc) is 2.81. The van der Waals surface area contributed by atoms with Gasteiger partial charge in [-0.3, -0.25) is 4.79 Å². The van der Waals surface area contributed by atoms with Gasteiger partial charge < -0.3 is 5.32 Å². The molecule has 0 radical (unpaired) electrons. The summed E-state index contributed by atoms with van der Waals surface area (Å²) in [4.78, 5) is 29.3. The molecule has 8 heteroatoms. The van der Waals surface area contributed by atoms with Crippen molar-refractivity contribution < 1.29 is 9.59 Å². The maximum Gasteiger partial charge on any atom is 0.333 e. The van der Waals surface area contributed by atoms with Crippen molar-refractivity contribution >= 4 is 46.9 Å².